The molecule has 15 heteroatoms. The van der Waals surface area contributed by atoms with Crippen LogP contribution in [-0.2, 0) is 9.59 Å². The van der Waals surface area contributed by atoms with Crippen LogP contribution in [0, 0.1) is 12.3 Å². The number of carboxylic acid groups (broad SMARTS) is 2. The Morgan fingerprint density at radius 2 is 1.90 bits per heavy atom. The van der Waals surface area contributed by atoms with Crippen LogP contribution in [-0.4, -0.2) is 83.5 Å². The number of nitrogens with one attached hydrogen (secondary N) is 1. The van der Waals surface area contributed by atoms with E-state index in [1.165, 1.54) is 25.1 Å². The fourth-order valence-electron chi connectivity index (χ4n) is 4.50. The minimum atomic E-state index is -1.56. The molecule has 4 aromatic rings. The van der Waals surface area contributed by atoms with Gasteiger partial charge in [-0.3, -0.25) is 19.8 Å². The number of carbonyl (C=O) groups is 2. The van der Waals surface area contributed by atoms with Crippen LogP contribution in [0.3, 0.4) is 0 Å². The third kappa shape index (κ3) is 5.47. The number of benzene rings is 2. The van der Waals surface area contributed by atoms with E-state index in [4.69, 9.17) is 20.6 Å². The first-order valence-electron chi connectivity index (χ1n) is 12.6. The van der Waals surface area contributed by atoms with Gasteiger partial charge >= 0.3 is 17.9 Å². The first-order valence-corrected chi connectivity index (χ1v) is 12.6. The van der Waals surface area contributed by atoms with Gasteiger partial charge in [0, 0.05) is 24.7 Å². The van der Waals surface area contributed by atoms with Gasteiger partial charge in [-0.2, -0.15) is 9.97 Å². The molecule has 42 heavy (non-hydrogen) atoms. The molecule has 0 fully saturated rings. The number of aromatic nitrogens is 4. The summed E-state index contributed by atoms with van der Waals surface area (Å²) in [6.45, 7) is 2.95. The van der Waals surface area contributed by atoms with Crippen molar-refractivity contribution in [3.8, 4) is 29.1 Å². The summed E-state index contributed by atoms with van der Waals surface area (Å²) in [7, 11) is 1.93. The number of ether oxygens (including phenoxy) is 2. The molecule has 0 bridgehead atoms. The Morgan fingerprint density at radius 3 is 2.57 bits per heavy atom. The molecular formula is C27H26N8O7. The number of imidazole rings is 1. The van der Waals surface area contributed by atoms with E-state index in [0.29, 0.717) is 12.3 Å². The topological polar surface area (TPSA) is 222 Å². The zero-order valence-electron chi connectivity index (χ0n) is 22.5. The number of aromatic hydroxyl groups is 1. The molecule has 6 N–H and O–H groups in total. The molecule has 1 aliphatic heterocycles. The second kappa shape index (κ2) is 11.0. The first-order chi connectivity index (χ1) is 20.0. The van der Waals surface area contributed by atoms with Gasteiger partial charge in [-0.25, -0.2) is 9.78 Å². The van der Waals surface area contributed by atoms with Gasteiger partial charge in [-0.05, 0) is 37.3 Å². The summed E-state index contributed by atoms with van der Waals surface area (Å²) in [4.78, 5) is 43.2. The smallest absolute Gasteiger partial charge is 0.327 e. The van der Waals surface area contributed by atoms with Crippen molar-refractivity contribution in [3.05, 3.63) is 59.4 Å². The number of nitrogens with two attached hydrogens (primary N) is 1. The summed E-state index contributed by atoms with van der Waals surface area (Å²) in [5.74, 6) is -2.29. The fraction of sp³-hybridized carbons (Fsp3) is 0.222. The molecule has 0 saturated carbocycles. The molecule has 0 radical (unpaired) electrons. The number of phenols is 1. The van der Waals surface area contributed by atoms with Crippen molar-refractivity contribution in [1.29, 1.82) is 5.41 Å². The Labute approximate surface area is 238 Å². The number of phenolic OH excluding ortho intramolecular Hbond substituents is 1. The van der Waals surface area contributed by atoms with Gasteiger partial charge in [-0.15, -0.1) is 0 Å². The fourth-order valence-corrected chi connectivity index (χ4v) is 4.50. The highest BCUT2D eigenvalue weighted by molar-refractivity contribution is 6.00. The molecule has 0 aliphatic carbocycles. The van der Waals surface area contributed by atoms with Gasteiger partial charge < -0.3 is 35.4 Å². The SMILES string of the molecule is Cc1nc2c(Oc3cccc(C4=NCCN4C)c3)nc(Oc3cc(C(=N)N)ccc3O)nc2n1C(CC(=O)O)C(=O)O. The molecule has 0 amide bonds. The van der Waals surface area contributed by atoms with Crippen molar-refractivity contribution >= 4 is 34.8 Å². The Hall–Kier alpha value is -5.73. The number of hydrogen-bond acceptors (Lipinski definition) is 11. The number of aliphatic carboxylic acids is 2. The summed E-state index contributed by atoms with van der Waals surface area (Å²) in [5.41, 5.74) is 6.61. The number of aryl methyl sites for hydroxylation is 1. The van der Waals surface area contributed by atoms with Gasteiger partial charge in [0.15, 0.2) is 22.7 Å². The summed E-state index contributed by atoms with van der Waals surface area (Å²) < 4.78 is 13.0. The molecule has 1 atom stereocenters. The quantitative estimate of drug-likeness (QED) is 0.136. The zero-order valence-corrected chi connectivity index (χ0v) is 22.5. The summed E-state index contributed by atoms with van der Waals surface area (Å²) in [6, 6.07) is 9.17. The maximum atomic E-state index is 12.1. The van der Waals surface area contributed by atoms with E-state index in [1.807, 2.05) is 18.0 Å². The predicted molar refractivity (Wildman–Crippen MR) is 149 cm³/mol. The highest BCUT2D eigenvalue weighted by Gasteiger charge is 2.30. The number of rotatable bonds is 10. The summed E-state index contributed by atoms with van der Waals surface area (Å²) in [6.07, 6.45) is -0.753. The maximum Gasteiger partial charge on any atom is 0.327 e. The molecule has 0 spiro atoms. The van der Waals surface area contributed by atoms with Crippen LogP contribution in [0.4, 0.5) is 0 Å². The molecule has 2 aromatic carbocycles. The highest BCUT2D eigenvalue weighted by Crippen LogP contribution is 2.35. The Balaban J connectivity index is 1.65. The Bertz CT molecular complexity index is 1770. The number of carboxylic acids is 2. The van der Waals surface area contributed by atoms with Crippen molar-refractivity contribution < 1.29 is 34.4 Å². The minimum Gasteiger partial charge on any atom is -0.504 e. The van der Waals surface area contributed by atoms with Crippen LogP contribution in [0.2, 0.25) is 0 Å². The van der Waals surface area contributed by atoms with E-state index in [1.54, 1.807) is 18.2 Å². The van der Waals surface area contributed by atoms with Gasteiger partial charge in [0.1, 0.15) is 29.3 Å². The van der Waals surface area contributed by atoms with Crippen molar-refractivity contribution in [2.24, 2.45) is 10.7 Å². The molecular weight excluding hydrogens is 548 g/mol. The Morgan fingerprint density at radius 1 is 1.12 bits per heavy atom. The molecule has 0 saturated heterocycles. The van der Waals surface area contributed by atoms with E-state index in [2.05, 4.69) is 19.9 Å². The number of likely N-dealkylation sites (N-methyl/N-ethyl adjacent to an activating group) is 1. The average Bonchev–Trinajstić information content (AvgIpc) is 3.50. The molecule has 2 aromatic heterocycles. The van der Waals surface area contributed by atoms with Crippen LogP contribution in [0.5, 0.6) is 29.1 Å². The number of aliphatic imine (C=N–C) groups is 1. The van der Waals surface area contributed by atoms with Gasteiger partial charge in [0.25, 0.3) is 5.88 Å². The largest absolute Gasteiger partial charge is 0.504 e. The second-order valence-corrected chi connectivity index (χ2v) is 9.42. The monoisotopic (exact) mass is 574 g/mol. The highest BCUT2D eigenvalue weighted by atomic mass is 16.5. The molecule has 5 rings (SSSR count). The lowest BCUT2D eigenvalue weighted by atomic mass is 10.2. The van der Waals surface area contributed by atoms with Gasteiger partial charge in [0.2, 0.25) is 0 Å². The van der Waals surface area contributed by atoms with E-state index in [-0.39, 0.29) is 51.8 Å². The van der Waals surface area contributed by atoms with Crippen LogP contribution in [0.15, 0.2) is 47.5 Å². The van der Waals surface area contributed by atoms with Crippen molar-refractivity contribution in [3.63, 3.8) is 0 Å². The van der Waals surface area contributed by atoms with Gasteiger partial charge in [-0.1, -0.05) is 12.1 Å². The third-order valence-corrected chi connectivity index (χ3v) is 6.47. The lowest BCUT2D eigenvalue weighted by Gasteiger charge is -2.16. The zero-order chi connectivity index (χ0) is 30.1. The van der Waals surface area contributed by atoms with Crippen molar-refractivity contribution in [2.45, 2.75) is 19.4 Å². The lowest BCUT2D eigenvalue weighted by Crippen LogP contribution is -2.23. The van der Waals surface area contributed by atoms with Crippen molar-refractivity contribution in [2.75, 3.05) is 20.1 Å². The molecule has 1 unspecified atom stereocenters. The van der Waals surface area contributed by atoms with Crippen LogP contribution >= 0.6 is 0 Å². The number of amidine groups is 2. The van der Waals surface area contributed by atoms with E-state index < -0.39 is 24.4 Å². The number of nitrogens with zero attached hydrogens (tertiary/aromatic N) is 6. The van der Waals surface area contributed by atoms with Crippen molar-refractivity contribution in [1.82, 2.24) is 24.4 Å². The standard InChI is InChI=1S/C27H26N8O7/c1-13-31-21-24(35(13)17(26(39)40)12-20(37)38)32-27(42-19-11-14(22(28)29)6-7-18(19)36)33-25(21)41-16-5-3-4-15(10-16)23-30-8-9-34(23)2/h3-7,10-11,17,36H,8-9,12H2,1-2H3,(H3,28,29)(H,37,38)(H,39,40). The Kier molecular flexibility index (Phi) is 7.31. The second-order valence-electron chi connectivity index (χ2n) is 9.42. The van der Waals surface area contributed by atoms with E-state index in [0.717, 1.165) is 22.5 Å². The van der Waals surface area contributed by atoms with E-state index >= 15 is 0 Å². The summed E-state index contributed by atoms with van der Waals surface area (Å²) in [5, 5.41) is 37.3. The van der Waals surface area contributed by atoms with Crippen LogP contribution < -0.4 is 15.2 Å². The number of fused-ring (bicyclic) bond motifs is 1. The van der Waals surface area contributed by atoms with Gasteiger partial charge in [0.05, 0.1) is 13.0 Å². The molecule has 3 heterocycles. The number of nitrogen functional groups attached to an aromatic ring is 1. The van der Waals surface area contributed by atoms with Crippen LogP contribution in [0.1, 0.15) is 29.4 Å². The first kappa shape index (κ1) is 27.8. The molecule has 216 valence electrons. The third-order valence-electron chi connectivity index (χ3n) is 6.47. The summed E-state index contributed by atoms with van der Waals surface area (Å²) >= 11 is 0. The minimum absolute atomic E-state index is 0.0546. The lowest BCUT2D eigenvalue weighted by molar-refractivity contribution is -0.147. The predicted octanol–water partition coefficient (Wildman–Crippen LogP) is 2.50. The molecule has 15 nitrogen and oxygen atoms in total. The normalized spacial score (nSPS) is 13.6. The number of hydrogen-bond donors (Lipinski definition) is 5. The van der Waals surface area contributed by atoms with E-state index in [9.17, 15) is 24.9 Å². The molecule has 1 aliphatic rings. The average molecular weight is 575 g/mol. The maximum absolute atomic E-state index is 12.1. The van der Waals surface area contributed by atoms with Crippen LogP contribution in [0.25, 0.3) is 11.2 Å².